The molecule has 0 spiro atoms. The van der Waals surface area contributed by atoms with Gasteiger partial charge in [0.1, 0.15) is 5.60 Å². The maximum atomic E-state index is 12.2. The Morgan fingerprint density at radius 2 is 2.05 bits per heavy atom. The van der Waals surface area contributed by atoms with E-state index in [0.717, 1.165) is 21.2 Å². The number of benzene rings is 1. The molecular formula is C16H20BrNO3. The van der Waals surface area contributed by atoms with Gasteiger partial charge in [-0.2, -0.15) is 0 Å². The summed E-state index contributed by atoms with van der Waals surface area (Å²) in [5, 5.41) is 0. The summed E-state index contributed by atoms with van der Waals surface area (Å²) < 4.78 is 11.4. The van der Waals surface area contributed by atoms with Gasteiger partial charge in [-0.1, -0.05) is 15.9 Å². The van der Waals surface area contributed by atoms with Gasteiger partial charge in [-0.3, -0.25) is 4.90 Å². The lowest BCUT2D eigenvalue weighted by molar-refractivity contribution is 0.0241. The lowest BCUT2D eigenvalue weighted by Crippen LogP contribution is -2.33. The molecule has 114 valence electrons. The van der Waals surface area contributed by atoms with Crippen LogP contribution in [0.4, 0.5) is 4.79 Å². The SMILES string of the molecule is CO/C=C/c1cc(Br)c2c(c1)CN(C(=O)OC(C)(C)C)C2. The number of fused-ring (bicyclic) bond motifs is 1. The first-order valence-corrected chi connectivity index (χ1v) is 7.58. The van der Waals surface area contributed by atoms with Gasteiger partial charge in [0, 0.05) is 11.0 Å². The quantitative estimate of drug-likeness (QED) is 0.743. The molecule has 0 fully saturated rings. The van der Waals surface area contributed by atoms with Crippen molar-refractivity contribution in [2.24, 2.45) is 0 Å². The van der Waals surface area contributed by atoms with Gasteiger partial charge in [0.05, 0.1) is 19.9 Å². The zero-order chi connectivity index (χ0) is 15.6. The van der Waals surface area contributed by atoms with E-state index in [2.05, 4.69) is 22.0 Å². The van der Waals surface area contributed by atoms with Crippen molar-refractivity contribution in [3.63, 3.8) is 0 Å². The van der Waals surface area contributed by atoms with Crippen LogP contribution < -0.4 is 0 Å². The normalized spacial score (nSPS) is 14.4. The summed E-state index contributed by atoms with van der Waals surface area (Å²) in [4.78, 5) is 13.9. The molecule has 0 aliphatic carbocycles. The molecule has 0 N–H and O–H groups in total. The third-order valence-electron chi connectivity index (χ3n) is 3.07. The minimum Gasteiger partial charge on any atom is -0.504 e. The standard InChI is InChI=1S/C16H20BrNO3/c1-16(2,3)21-15(19)18-9-12-7-11(5-6-20-4)8-14(17)13(12)10-18/h5-8H,9-10H2,1-4H3/b6-5+. The fourth-order valence-corrected chi connectivity index (χ4v) is 2.83. The van der Waals surface area contributed by atoms with Gasteiger partial charge in [0.25, 0.3) is 0 Å². The molecule has 1 aromatic rings. The average Bonchev–Trinajstić information content (AvgIpc) is 2.79. The Bertz CT molecular complexity index is 576. The molecule has 0 saturated heterocycles. The van der Waals surface area contributed by atoms with Crippen molar-refractivity contribution in [2.75, 3.05) is 7.11 Å². The highest BCUT2D eigenvalue weighted by Gasteiger charge is 2.29. The lowest BCUT2D eigenvalue weighted by atomic mass is 10.1. The molecule has 0 atom stereocenters. The summed E-state index contributed by atoms with van der Waals surface area (Å²) in [6.07, 6.45) is 3.25. The topological polar surface area (TPSA) is 38.8 Å². The summed E-state index contributed by atoms with van der Waals surface area (Å²) in [7, 11) is 1.61. The van der Waals surface area contributed by atoms with E-state index in [1.807, 2.05) is 32.9 Å². The molecular weight excluding hydrogens is 334 g/mol. The minimum atomic E-state index is -0.477. The Morgan fingerprint density at radius 3 is 2.67 bits per heavy atom. The van der Waals surface area contributed by atoms with E-state index >= 15 is 0 Å². The highest BCUT2D eigenvalue weighted by atomic mass is 79.9. The Kier molecular flexibility index (Phi) is 4.61. The fourth-order valence-electron chi connectivity index (χ4n) is 2.19. The number of nitrogens with zero attached hydrogens (tertiary/aromatic N) is 1. The van der Waals surface area contributed by atoms with E-state index in [4.69, 9.17) is 9.47 Å². The summed E-state index contributed by atoms with van der Waals surface area (Å²) >= 11 is 3.57. The molecule has 0 radical (unpaired) electrons. The number of hydrogen-bond donors (Lipinski definition) is 0. The van der Waals surface area contributed by atoms with Gasteiger partial charge in [-0.25, -0.2) is 4.79 Å². The van der Waals surface area contributed by atoms with Crippen LogP contribution in [0, 0.1) is 0 Å². The van der Waals surface area contributed by atoms with Crippen LogP contribution in [0.15, 0.2) is 22.9 Å². The lowest BCUT2D eigenvalue weighted by Gasteiger charge is -2.24. The molecule has 21 heavy (non-hydrogen) atoms. The van der Waals surface area contributed by atoms with Crippen LogP contribution in [-0.4, -0.2) is 23.7 Å². The minimum absolute atomic E-state index is 0.278. The predicted octanol–water partition coefficient (Wildman–Crippen LogP) is 4.32. The number of carbonyl (C=O) groups is 1. The van der Waals surface area contributed by atoms with Crippen molar-refractivity contribution in [2.45, 2.75) is 39.5 Å². The van der Waals surface area contributed by atoms with Gasteiger partial charge in [-0.05, 0) is 55.7 Å². The highest BCUT2D eigenvalue weighted by Crippen LogP contribution is 2.32. The number of hydrogen-bond acceptors (Lipinski definition) is 3. The van der Waals surface area contributed by atoms with Crippen molar-refractivity contribution in [3.8, 4) is 0 Å². The van der Waals surface area contributed by atoms with Gasteiger partial charge in [-0.15, -0.1) is 0 Å². The number of ether oxygens (including phenoxy) is 2. The van der Waals surface area contributed by atoms with Crippen LogP contribution >= 0.6 is 15.9 Å². The second-order valence-electron chi connectivity index (χ2n) is 6.02. The Balaban J connectivity index is 2.17. The van der Waals surface area contributed by atoms with Crippen LogP contribution in [0.2, 0.25) is 0 Å². The van der Waals surface area contributed by atoms with Crippen LogP contribution in [0.25, 0.3) is 6.08 Å². The third kappa shape index (κ3) is 4.00. The molecule has 1 aliphatic rings. The predicted molar refractivity (Wildman–Crippen MR) is 85.7 cm³/mol. The van der Waals surface area contributed by atoms with Crippen molar-refractivity contribution in [3.05, 3.63) is 39.6 Å². The van der Waals surface area contributed by atoms with E-state index in [1.165, 1.54) is 0 Å². The van der Waals surface area contributed by atoms with Crippen molar-refractivity contribution < 1.29 is 14.3 Å². The summed E-state index contributed by atoms with van der Waals surface area (Å²) in [6, 6.07) is 4.09. The average molecular weight is 354 g/mol. The second-order valence-corrected chi connectivity index (χ2v) is 6.87. The third-order valence-corrected chi connectivity index (χ3v) is 3.78. The van der Waals surface area contributed by atoms with Gasteiger partial charge < -0.3 is 9.47 Å². The van der Waals surface area contributed by atoms with Gasteiger partial charge >= 0.3 is 6.09 Å². The summed E-state index contributed by atoms with van der Waals surface area (Å²) in [5.74, 6) is 0. The Labute approximate surface area is 133 Å². The molecule has 0 bridgehead atoms. The number of rotatable bonds is 2. The molecule has 1 aliphatic heterocycles. The first-order valence-electron chi connectivity index (χ1n) is 6.79. The van der Waals surface area contributed by atoms with Crippen LogP contribution in [0.5, 0.6) is 0 Å². The fraction of sp³-hybridized carbons (Fsp3) is 0.438. The maximum absolute atomic E-state index is 12.2. The molecule has 0 unspecified atom stereocenters. The molecule has 1 amide bonds. The second kappa shape index (κ2) is 6.10. The number of halogens is 1. The smallest absolute Gasteiger partial charge is 0.410 e. The van der Waals surface area contributed by atoms with Crippen molar-refractivity contribution >= 4 is 28.1 Å². The molecule has 1 heterocycles. The van der Waals surface area contributed by atoms with Crippen molar-refractivity contribution in [1.82, 2.24) is 4.90 Å². The summed E-state index contributed by atoms with van der Waals surface area (Å²) in [6.45, 7) is 6.75. The summed E-state index contributed by atoms with van der Waals surface area (Å²) in [5.41, 5.74) is 2.82. The van der Waals surface area contributed by atoms with Crippen LogP contribution in [-0.2, 0) is 22.6 Å². The van der Waals surface area contributed by atoms with E-state index in [1.54, 1.807) is 18.3 Å². The molecule has 0 aromatic heterocycles. The molecule has 4 nitrogen and oxygen atoms in total. The number of amides is 1. The highest BCUT2D eigenvalue weighted by molar-refractivity contribution is 9.10. The van der Waals surface area contributed by atoms with E-state index in [0.29, 0.717) is 13.1 Å². The monoisotopic (exact) mass is 353 g/mol. The first-order chi connectivity index (χ1) is 9.80. The largest absolute Gasteiger partial charge is 0.504 e. The van der Waals surface area contributed by atoms with Crippen molar-refractivity contribution in [1.29, 1.82) is 0 Å². The number of carbonyl (C=O) groups excluding carboxylic acids is 1. The number of methoxy groups -OCH3 is 1. The zero-order valence-corrected chi connectivity index (χ0v) is 14.4. The van der Waals surface area contributed by atoms with Crippen LogP contribution in [0.3, 0.4) is 0 Å². The maximum Gasteiger partial charge on any atom is 0.410 e. The van der Waals surface area contributed by atoms with Gasteiger partial charge in [0.15, 0.2) is 0 Å². The molecule has 1 aromatic carbocycles. The first kappa shape index (κ1) is 15.9. The molecule has 0 saturated carbocycles. The van der Waals surface area contributed by atoms with E-state index < -0.39 is 5.60 Å². The van der Waals surface area contributed by atoms with Crippen LogP contribution in [0.1, 0.15) is 37.5 Å². The Morgan fingerprint density at radius 1 is 1.33 bits per heavy atom. The van der Waals surface area contributed by atoms with E-state index in [9.17, 15) is 4.79 Å². The van der Waals surface area contributed by atoms with E-state index in [-0.39, 0.29) is 6.09 Å². The molecule has 5 heteroatoms. The van der Waals surface area contributed by atoms with Gasteiger partial charge in [0.2, 0.25) is 0 Å². The Hall–Kier alpha value is -1.49. The zero-order valence-electron chi connectivity index (χ0n) is 12.8. The molecule has 2 rings (SSSR count).